The summed E-state index contributed by atoms with van der Waals surface area (Å²) in [6.45, 7) is 5.96. The number of hydrogen-bond donors (Lipinski definition) is 2. The van der Waals surface area contributed by atoms with Gasteiger partial charge < -0.3 is 15.2 Å². The first-order valence-corrected chi connectivity index (χ1v) is 8.93. The van der Waals surface area contributed by atoms with Gasteiger partial charge in [0.05, 0.1) is 24.5 Å². The van der Waals surface area contributed by atoms with E-state index in [1.807, 2.05) is 13.0 Å². The average Bonchev–Trinajstić information content (AvgIpc) is 2.69. The van der Waals surface area contributed by atoms with Crippen LogP contribution in [0.15, 0.2) is 42.6 Å². The van der Waals surface area contributed by atoms with Gasteiger partial charge in [0.15, 0.2) is 0 Å². The zero-order valence-corrected chi connectivity index (χ0v) is 15.2. The minimum atomic E-state index is -1.01. The molecular weight excluding hydrogens is 346 g/mol. The highest BCUT2D eigenvalue weighted by Gasteiger charge is 2.16. The number of pyridine rings is 1. The molecule has 0 radical (unpaired) electrons. The molecule has 27 heavy (non-hydrogen) atoms. The Labute approximate surface area is 158 Å². The zero-order valence-electron chi connectivity index (χ0n) is 15.2. The molecule has 2 aromatic rings. The summed E-state index contributed by atoms with van der Waals surface area (Å²) in [4.78, 5) is 30.2. The van der Waals surface area contributed by atoms with Crippen molar-refractivity contribution in [2.45, 2.75) is 13.0 Å². The maximum Gasteiger partial charge on any atom is 0.335 e. The number of hydrogen-bond acceptors (Lipinski definition) is 5. The Morgan fingerprint density at radius 3 is 2.74 bits per heavy atom. The molecule has 142 valence electrons. The molecule has 0 saturated carbocycles. The van der Waals surface area contributed by atoms with Gasteiger partial charge in [-0.3, -0.25) is 14.7 Å². The van der Waals surface area contributed by atoms with E-state index in [0.717, 1.165) is 32.8 Å². The fraction of sp³-hybridized carbons (Fsp3) is 0.350. The molecule has 0 aliphatic carbocycles. The van der Waals surface area contributed by atoms with Gasteiger partial charge in [0.2, 0.25) is 0 Å². The van der Waals surface area contributed by atoms with Gasteiger partial charge in [-0.1, -0.05) is 12.1 Å². The van der Waals surface area contributed by atoms with Crippen LogP contribution in [0.2, 0.25) is 0 Å². The smallest absolute Gasteiger partial charge is 0.335 e. The van der Waals surface area contributed by atoms with Crippen LogP contribution in [-0.2, 0) is 4.74 Å². The Balaban J connectivity index is 1.68. The minimum absolute atomic E-state index is 0.00715. The van der Waals surface area contributed by atoms with Crippen LogP contribution < -0.4 is 5.32 Å². The van der Waals surface area contributed by atoms with Crippen LogP contribution in [-0.4, -0.2) is 65.8 Å². The molecule has 3 rings (SSSR count). The molecule has 2 heterocycles. The number of carbonyl (C=O) groups excluding carboxylic acids is 1. The van der Waals surface area contributed by atoms with Gasteiger partial charge in [-0.25, -0.2) is 4.79 Å². The van der Waals surface area contributed by atoms with Gasteiger partial charge in [-0.2, -0.15) is 0 Å². The second kappa shape index (κ2) is 8.75. The number of carbonyl (C=O) groups is 2. The Morgan fingerprint density at radius 2 is 2.00 bits per heavy atom. The Morgan fingerprint density at radius 1 is 1.22 bits per heavy atom. The Hall–Kier alpha value is -2.77. The number of carboxylic acids is 1. The number of morpholine rings is 1. The van der Waals surface area contributed by atoms with E-state index in [-0.39, 0.29) is 17.5 Å². The van der Waals surface area contributed by atoms with E-state index in [2.05, 4.69) is 15.2 Å². The van der Waals surface area contributed by atoms with Crippen molar-refractivity contribution in [1.29, 1.82) is 0 Å². The van der Waals surface area contributed by atoms with Gasteiger partial charge in [-0.15, -0.1) is 0 Å². The molecule has 0 bridgehead atoms. The zero-order chi connectivity index (χ0) is 19.2. The van der Waals surface area contributed by atoms with Crippen molar-refractivity contribution < 1.29 is 19.4 Å². The summed E-state index contributed by atoms with van der Waals surface area (Å²) in [7, 11) is 0. The van der Waals surface area contributed by atoms with Crippen LogP contribution in [0, 0.1) is 0 Å². The lowest BCUT2D eigenvalue weighted by molar-refractivity contribution is 0.0342. The van der Waals surface area contributed by atoms with Gasteiger partial charge >= 0.3 is 5.97 Å². The largest absolute Gasteiger partial charge is 0.478 e. The molecule has 1 amide bonds. The highest BCUT2D eigenvalue weighted by molar-refractivity contribution is 5.95. The van der Waals surface area contributed by atoms with Crippen LogP contribution in [0.25, 0.3) is 11.3 Å². The van der Waals surface area contributed by atoms with Crippen LogP contribution in [0.1, 0.15) is 27.6 Å². The molecule has 1 aromatic carbocycles. The number of rotatable bonds is 6. The normalized spacial score (nSPS) is 15.9. The number of aromatic carboxylic acids is 1. The van der Waals surface area contributed by atoms with Crippen molar-refractivity contribution in [2.24, 2.45) is 0 Å². The van der Waals surface area contributed by atoms with E-state index >= 15 is 0 Å². The van der Waals surface area contributed by atoms with Crippen LogP contribution >= 0.6 is 0 Å². The highest BCUT2D eigenvalue weighted by atomic mass is 16.5. The van der Waals surface area contributed by atoms with Gasteiger partial charge in [0.1, 0.15) is 0 Å². The third kappa shape index (κ3) is 5.12. The summed E-state index contributed by atoms with van der Waals surface area (Å²) in [5, 5.41) is 12.1. The maximum absolute atomic E-state index is 12.6. The molecule has 1 aromatic heterocycles. The van der Waals surface area contributed by atoms with E-state index in [9.17, 15) is 9.59 Å². The van der Waals surface area contributed by atoms with Crippen molar-refractivity contribution in [1.82, 2.24) is 15.2 Å². The van der Waals surface area contributed by atoms with E-state index < -0.39 is 5.97 Å². The van der Waals surface area contributed by atoms with Crippen molar-refractivity contribution in [2.75, 3.05) is 32.8 Å². The molecule has 1 atom stereocenters. The predicted molar refractivity (Wildman–Crippen MR) is 101 cm³/mol. The molecule has 7 nitrogen and oxygen atoms in total. The fourth-order valence-corrected chi connectivity index (χ4v) is 3.07. The number of nitrogens with one attached hydrogen (secondary N) is 1. The third-order valence-electron chi connectivity index (χ3n) is 4.44. The van der Waals surface area contributed by atoms with Gasteiger partial charge in [0, 0.05) is 43.0 Å². The van der Waals surface area contributed by atoms with E-state index in [1.54, 1.807) is 18.2 Å². The van der Waals surface area contributed by atoms with Crippen LogP contribution in [0.5, 0.6) is 0 Å². The Kier molecular flexibility index (Phi) is 6.16. The quantitative estimate of drug-likeness (QED) is 0.808. The van der Waals surface area contributed by atoms with E-state index in [1.165, 1.54) is 18.3 Å². The van der Waals surface area contributed by atoms with E-state index in [0.29, 0.717) is 16.8 Å². The highest BCUT2D eigenvalue weighted by Crippen LogP contribution is 2.19. The lowest BCUT2D eigenvalue weighted by Crippen LogP contribution is -2.46. The summed E-state index contributed by atoms with van der Waals surface area (Å²) in [5.74, 6) is -1.17. The van der Waals surface area contributed by atoms with Crippen molar-refractivity contribution in [3.05, 3.63) is 53.7 Å². The topological polar surface area (TPSA) is 91.8 Å². The number of nitrogens with zero attached hydrogens (tertiary/aromatic N) is 2. The van der Waals surface area contributed by atoms with Gasteiger partial charge in [-0.05, 0) is 31.2 Å². The number of ether oxygens (including phenoxy) is 1. The number of aromatic nitrogens is 1. The number of benzene rings is 1. The SMILES string of the molecule is CC(CN1CCOCC1)NC(=O)c1cccc(-c2cc(C(=O)O)ccn2)c1. The predicted octanol–water partition coefficient (Wildman–Crippen LogP) is 1.90. The molecule has 1 saturated heterocycles. The summed E-state index contributed by atoms with van der Waals surface area (Å²) in [6, 6.07) is 9.99. The monoisotopic (exact) mass is 369 g/mol. The lowest BCUT2D eigenvalue weighted by Gasteiger charge is -2.29. The third-order valence-corrected chi connectivity index (χ3v) is 4.44. The molecule has 0 spiro atoms. The molecule has 1 unspecified atom stereocenters. The minimum Gasteiger partial charge on any atom is -0.478 e. The number of carboxylic acid groups (broad SMARTS) is 1. The maximum atomic E-state index is 12.6. The Bertz CT molecular complexity index is 818. The van der Waals surface area contributed by atoms with Crippen LogP contribution in [0.3, 0.4) is 0 Å². The van der Waals surface area contributed by atoms with E-state index in [4.69, 9.17) is 9.84 Å². The molecule has 1 fully saturated rings. The van der Waals surface area contributed by atoms with Crippen LogP contribution in [0.4, 0.5) is 0 Å². The first-order chi connectivity index (χ1) is 13.0. The first kappa shape index (κ1) is 19.0. The number of amides is 1. The molecule has 7 heteroatoms. The average molecular weight is 369 g/mol. The molecule has 1 aliphatic rings. The van der Waals surface area contributed by atoms with Gasteiger partial charge in [0.25, 0.3) is 5.91 Å². The lowest BCUT2D eigenvalue weighted by atomic mass is 10.1. The van der Waals surface area contributed by atoms with Crippen molar-refractivity contribution in [3.8, 4) is 11.3 Å². The summed E-state index contributed by atoms with van der Waals surface area (Å²) in [5.41, 5.74) is 1.90. The standard InChI is InChI=1S/C20H23N3O4/c1-14(13-23-7-9-27-10-8-23)22-19(24)16-4-2-3-15(11-16)18-12-17(20(25)26)5-6-21-18/h2-6,11-12,14H,7-10,13H2,1H3,(H,22,24)(H,25,26). The summed E-state index contributed by atoms with van der Waals surface area (Å²) < 4.78 is 5.34. The second-order valence-corrected chi connectivity index (χ2v) is 6.60. The second-order valence-electron chi connectivity index (χ2n) is 6.60. The fourth-order valence-electron chi connectivity index (χ4n) is 3.07. The summed E-state index contributed by atoms with van der Waals surface area (Å²) in [6.07, 6.45) is 1.45. The molecular formula is C20H23N3O4. The van der Waals surface area contributed by atoms with Crippen molar-refractivity contribution >= 4 is 11.9 Å². The first-order valence-electron chi connectivity index (χ1n) is 8.93. The van der Waals surface area contributed by atoms with Crippen molar-refractivity contribution in [3.63, 3.8) is 0 Å². The molecule has 2 N–H and O–H groups in total. The molecule has 1 aliphatic heterocycles. The summed E-state index contributed by atoms with van der Waals surface area (Å²) >= 11 is 0.